The Bertz CT molecular complexity index is 1150. The summed E-state index contributed by atoms with van der Waals surface area (Å²) >= 11 is 3.41. The number of hydrogen-bond acceptors (Lipinski definition) is 4. The second-order valence-corrected chi connectivity index (χ2v) is 8.96. The maximum atomic E-state index is 12.5. The van der Waals surface area contributed by atoms with Gasteiger partial charge in [-0.25, -0.2) is 4.98 Å². The number of carbonyl (C=O) groups is 1. The fourth-order valence-electron chi connectivity index (χ4n) is 3.02. The first-order valence-electron chi connectivity index (χ1n) is 9.04. The highest BCUT2D eigenvalue weighted by molar-refractivity contribution is 8.00. The van der Waals surface area contributed by atoms with E-state index in [1.165, 1.54) is 11.1 Å². The molecule has 4 rings (SSSR count). The summed E-state index contributed by atoms with van der Waals surface area (Å²) in [5.41, 5.74) is 5.99. The lowest BCUT2D eigenvalue weighted by Gasteiger charge is -2.07. The minimum absolute atomic E-state index is 0.0870. The number of rotatable bonds is 5. The van der Waals surface area contributed by atoms with Gasteiger partial charge in [0.2, 0.25) is 0 Å². The highest BCUT2D eigenvalue weighted by atomic mass is 32.2. The van der Waals surface area contributed by atoms with Gasteiger partial charge in [0.05, 0.1) is 10.2 Å². The molecule has 1 N–H and O–H groups in total. The third-order valence-corrected chi connectivity index (χ3v) is 6.69. The molecular weight excluding hydrogens is 384 g/mol. The average molecular weight is 405 g/mol. The summed E-state index contributed by atoms with van der Waals surface area (Å²) < 4.78 is 2.12. The highest BCUT2D eigenvalue weighted by Gasteiger charge is 2.10. The van der Waals surface area contributed by atoms with E-state index in [9.17, 15) is 4.79 Å². The highest BCUT2D eigenvalue weighted by Crippen LogP contribution is 2.33. The number of thioether (sulfide) groups is 1. The summed E-state index contributed by atoms with van der Waals surface area (Å²) in [4.78, 5) is 17.2. The van der Waals surface area contributed by atoms with E-state index in [1.807, 2.05) is 49.4 Å². The summed E-state index contributed by atoms with van der Waals surface area (Å²) in [5.74, 6) is 0.814. The van der Waals surface area contributed by atoms with E-state index in [2.05, 4.69) is 36.5 Å². The van der Waals surface area contributed by atoms with Gasteiger partial charge in [-0.05, 0) is 49.2 Å². The fraction of sp³-hybridized carbons (Fsp3) is 0.130. The van der Waals surface area contributed by atoms with Crippen LogP contribution in [0.4, 0.5) is 5.69 Å². The van der Waals surface area contributed by atoms with E-state index >= 15 is 0 Å². The monoisotopic (exact) mass is 404 g/mol. The molecule has 0 aliphatic heterocycles. The zero-order chi connectivity index (χ0) is 19.5. The molecule has 5 heteroatoms. The number of aromatic nitrogens is 1. The summed E-state index contributed by atoms with van der Waals surface area (Å²) in [6.45, 7) is 4.05. The second kappa shape index (κ2) is 8.17. The molecule has 4 aromatic rings. The molecule has 0 bridgehead atoms. The molecule has 1 aromatic heterocycles. The van der Waals surface area contributed by atoms with Crippen molar-refractivity contribution in [2.45, 2.75) is 23.9 Å². The minimum Gasteiger partial charge on any atom is -0.322 e. The lowest BCUT2D eigenvalue weighted by Crippen LogP contribution is -2.13. The van der Waals surface area contributed by atoms with Crippen LogP contribution in [0.5, 0.6) is 0 Å². The van der Waals surface area contributed by atoms with Gasteiger partial charge in [-0.15, -0.1) is 11.3 Å². The van der Waals surface area contributed by atoms with E-state index in [1.54, 1.807) is 23.1 Å². The van der Waals surface area contributed by atoms with Gasteiger partial charge in [-0.2, -0.15) is 0 Å². The van der Waals surface area contributed by atoms with Gasteiger partial charge in [0.15, 0.2) is 4.34 Å². The quantitative estimate of drug-likeness (QED) is 0.388. The summed E-state index contributed by atoms with van der Waals surface area (Å²) in [7, 11) is 0. The van der Waals surface area contributed by atoms with Crippen molar-refractivity contribution in [1.29, 1.82) is 0 Å². The van der Waals surface area contributed by atoms with Crippen molar-refractivity contribution in [1.82, 2.24) is 4.98 Å². The number of thiazole rings is 1. The number of benzene rings is 3. The van der Waals surface area contributed by atoms with Gasteiger partial charge in [0, 0.05) is 17.0 Å². The molecule has 140 valence electrons. The molecule has 1 heterocycles. The molecule has 0 saturated carbocycles. The van der Waals surface area contributed by atoms with E-state index in [0.29, 0.717) is 5.56 Å². The molecule has 0 unspecified atom stereocenters. The molecule has 0 aliphatic carbocycles. The van der Waals surface area contributed by atoms with Crippen molar-refractivity contribution in [3.05, 3.63) is 89.0 Å². The van der Waals surface area contributed by atoms with Crippen molar-refractivity contribution in [2.24, 2.45) is 0 Å². The van der Waals surface area contributed by atoms with E-state index in [-0.39, 0.29) is 5.91 Å². The number of anilines is 1. The maximum Gasteiger partial charge on any atom is 0.255 e. The SMILES string of the molecule is Cc1cccc(CSc2nc3ccc(NC(=O)c4ccccc4C)cc3s2)c1. The lowest BCUT2D eigenvalue weighted by atomic mass is 10.1. The van der Waals surface area contributed by atoms with Crippen molar-refractivity contribution in [3.63, 3.8) is 0 Å². The van der Waals surface area contributed by atoms with Crippen molar-refractivity contribution < 1.29 is 4.79 Å². The van der Waals surface area contributed by atoms with Crippen molar-refractivity contribution in [2.75, 3.05) is 5.32 Å². The van der Waals surface area contributed by atoms with Gasteiger partial charge in [-0.3, -0.25) is 4.79 Å². The number of nitrogens with zero attached hydrogens (tertiary/aromatic N) is 1. The van der Waals surface area contributed by atoms with Gasteiger partial charge in [-0.1, -0.05) is 59.8 Å². The molecule has 0 atom stereocenters. The van der Waals surface area contributed by atoms with Gasteiger partial charge in [0.1, 0.15) is 0 Å². The zero-order valence-electron chi connectivity index (χ0n) is 15.7. The molecule has 0 spiro atoms. The molecule has 0 saturated heterocycles. The van der Waals surface area contributed by atoms with Gasteiger partial charge >= 0.3 is 0 Å². The predicted octanol–water partition coefficient (Wildman–Crippen LogP) is 6.46. The number of carbonyl (C=O) groups excluding carboxylic acids is 1. The molecule has 0 fully saturated rings. The predicted molar refractivity (Wildman–Crippen MR) is 119 cm³/mol. The Labute approximate surface area is 172 Å². The van der Waals surface area contributed by atoms with Crippen LogP contribution < -0.4 is 5.32 Å². The molecule has 0 radical (unpaired) electrons. The third-order valence-electron chi connectivity index (χ3n) is 4.46. The minimum atomic E-state index is -0.0870. The molecule has 1 amide bonds. The Morgan fingerprint density at radius 2 is 1.89 bits per heavy atom. The van der Waals surface area contributed by atoms with E-state index in [0.717, 1.165) is 31.6 Å². The summed E-state index contributed by atoms with van der Waals surface area (Å²) in [5, 5.41) is 3.00. The van der Waals surface area contributed by atoms with Crippen LogP contribution >= 0.6 is 23.1 Å². The lowest BCUT2D eigenvalue weighted by molar-refractivity contribution is 0.102. The topological polar surface area (TPSA) is 42.0 Å². The Morgan fingerprint density at radius 1 is 1.04 bits per heavy atom. The van der Waals surface area contributed by atoms with E-state index in [4.69, 9.17) is 4.98 Å². The van der Waals surface area contributed by atoms with Crippen LogP contribution in [0.1, 0.15) is 27.0 Å². The fourth-order valence-corrected chi connectivity index (χ4v) is 5.07. The summed E-state index contributed by atoms with van der Waals surface area (Å²) in [6, 6.07) is 22.0. The molecule has 3 nitrogen and oxygen atoms in total. The number of hydrogen-bond donors (Lipinski definition) is 1. The molecule has 0 aliphatic rings. The molecule has 3 aromatic carbocycles. The first-order chi connectivity index (χ1) is 13.6. The number of aryl methyl sites for hydroxylation is 2. The summed E-state index contributed by atoms with van der Waals surface area (Å²) in [6.07, 6.45) is 0. The largest absolute Gasteiger partial charge is 0.322 e. The molecular formula is C23H20N2OS2. The Morgan fingerprint density at radius 3 is 2.71 bits per heavy atom. The Balaban J connectivity index is 1.48. The van der Waals surface area contributed by atoms with Crippen LogP contribution in [-0.2, 0) is 5.75 Å². The zero-order valence-corrected chi connectivity index (χ0v) is 17.4. The standard InChI is InChI=1S/C23H20N2OS2/c1-15-6-5-8-17(12-15)14-27-23-25-20-11-10-18(13-21(20)28-23)24-22(26)19-9-4-3-7-16(19)2/h3-13H,14H2,1-2H3,(H,24,26). The normalized spacial score (nSPS) is 10.9. The van der Waals surface area contributed by atoms with Crippen LogP contribution in [-0.4, -0.2) is 10.9 Å². The smallest absolute Gasteiger partial charge is 0.255 e. The third kappa shape index (κ3) is 4.26. The van der Waals surface area contributed by atoms with Crippen LogP contribution in [0.15, 0.2) is 71.1 Å². The Kier molecular flexibility index (Phi) is 5.46. The van der Waals surface area contributed by atoms with Crippen LogP contribution in [0, 0.1) is 13.8 Å². The van der Waals surface area contributed by atoms with Crippen LogP contribution in [0.3, 0.4) is 0 Å². The Hall–Kier alpha value is -2.63. The van der Waals surface area contributed by atoms with E-state index < -0.39 is 0 Å². The maximum absolute atomic E-state index is 12.5. The number of fused-ring (bicyclic) bond motifs is 1. The van der Waals surface area contributed by atoms with Gasteiger partial charge < -0.3 is 5.32 Å². The van der Waals surface area contributed by atoms with Crippen molar-refractivity contribution >= 4 is 44.9 Å². The number of nitrogens with one attached hydrogen (secondary N) is 1. The number of amides is 1. The second-order valence-electron chi connectivity index (χ2n) is 6.71. The molecule has 28 heavy (non-hydrogen) atoms. The van der Waals surface area contributed by atoms with Gasteiger partial charge in [0.25, 0.3) is 5.91 Å². The first kappa shape index (κ1) is 18.7. The van der Waals surface area contributed by atoms with Crippen LogP contribution in [0.2, 0.25) is 0 Å². The van der Waals surface area contributed by atoms with Crippen LogP contribution in [0.25, 0.3) is 10.2 Å². The first-order valence-corrected chi connectivity index (χ1v) is 10.8. The average Bonchev–Trinajstić information content (AvgIpc) is 3.09. The van der Waals surface area contributed by atoms with Crippen molar-refractivity contribution in [3.8, 4) is 0 Å².